The molecule has 39 heavy (non-hydrogen) atoms. The zero-order valence-corrected chi connectivity index (χ0v) is 21.8. The molecule has 0 aromatic carbocycles. The van der Waals surface area contributed by atoms with Crippen LogP contribution in [0.15, 0.2) is 21.9 Å². The maximum absolute atomic E-state index is 12.5. The lowest BCUT2D eigenvalue weighted by Crippen LogP contribution is -2.56. The highest BCUT2D eigenvalue weighted by Gasteiger charge is 2.50. The normalized spacial score (nSPS) is 36.3. The minimum atomic E-state index is -5.59. The van der Waals surface area contributed by atoms with Gasteiger partial charge in [-0.2, -0.15) is 4.31 Å². The molecular formula is C18H28N2O17P2. The molecule has 0 spiro atoms. The Morgan fingerprint density at radius 3 is 2.26 bits per heavy atom. The minimum absolute atomic E-state index is 0.521. The van der Waals surface area contributed by atoms with Crippen LogP contribution in [0.1, 0.15) is 19.6 Å². The Morgan fingerprint density at radius 1 is 1.03 bits per heavy atom. The Labute approximate surface area is 218 Å². The van der Waals surface area contributed by atoms with E-state index in [9.17, 15) is 58.8 Å². The smallest absolute Gasteiger partial charge is 0.394 e. The molecular weight excluding hydrogens is 578 g/mol. The third-order valence-electron chi connectivity index (χ3n) is 5.84. The summed E-state index contributed by atoms with van der Waals surface area (Å²) in [5.41, 5.74) is -1.74. The number of H-pyrrole nitrogens is 1. The second-order valence-electron chi connectivity index (χ2n) is 8.76. The van der Waals surface area contributed by atoms with Crippen molar-refractivity contribution in [1.82, 2.24) is 9.55 Å². The van der Waals surface area contributed by atoms with Gasteiger partial charge in [-0.15, -0.1) is 0 Å². The van der Waals surface area contributed by atoms with Crippen molar-refractivity contribution in [1.29, 1.82) is 0 Å². The first-order valence-corrected chi connectivity index (χ1v) is 14.2. The van der Waals surface area contributed by atoms with Crippen LogP contribution < -0.4 is 11.2 Å². The number of Topliss-reactive ketones (excluding diaryl/α,β-unsaturated/α-hetero) is 1. The van der Waals surface area contributed by atoms with Crippen molar-refractivity contribution < 1.29 is 72.1 Å². The van der Waals surface area contributed by atoms with E-state index in [4.69, 9.17) is 14.0 Å². The molecule has 0 saturated carbocycles. The van der Waals surface area contributed by atoms with E-state index in [1.165, 1.54) is 0 Å². The first kappa shape index (κ1) is 31.9. The lowest BCUT2D eigenvalue weighted by atomic mass is 9.87. The number of aromatic amines is 1. The SMILES string of the molecule is CC(=O)C[C@H]1[C@@H](OP(=O)(O)OP(=O)(O)OC[C@H]2O[C@@H](n3ccc(=O)[nH]c3=O)[C@H](O)[C@@H]2O)O[C@H](CO)[C@H](O)[C@@H]1O. The first-order valence-electron chi connectivity index (χ1n) is 11.2. The average Bonchev–Trinajstić information content (AvgIpc) is 3.10. The number of carbonyl (C=O) groups excluding carboxylic acids is 1. The summed E-state index contributed by atoms with van der Waals surface area (Å²) in [7, 11) is -11.1. The monoisotopic (exact) mass is 606 g/mol. The summed E-state index contributed by atoms with van der Waals surface area (Å²) in [5, 5.41) is 50.0. The summed E-state index contributed by atoms with van der Waals surface area (Å²) in [6.07, 6.45) is -13.2. The van der Waals surface area contributed by atoms with Crippen LogP contribution in [0.4, 0.5) is 0 Å². The molecule has 2 aliphatic rings. The Balaban J connectivity index is 1.66. The molecule has 21 heteroatoms. The van der Waals surface area contributed by atoms with E-state index in [-0.39, 0.29) is 0 Å². The Kier molecular flexibility index (Phi) is 10.2. The maximum Gasteiger partial charge on any atom is 0.483 e. The Morgan fingerprint density at radius 2 is 1.67 bits per heavy atom. The van der Waals surface area contributed by atoms with Gasteiger partial charge in [0, 0.05) is 24.6 Å². The van der Waals surface area contributed by atoms with Crippen molar-refractivity contribution in [2.75, 3.05) is 13.2 Å². The van der Waals surface area contributed by atoms with Crippen LogP contribution in [0.3, 0.4) is 0 Å². The molecule has 11 atom stereocenters. The second-order valence-corrected chi connectivity index (χ2v) is 11.8. The van der Waals surface area contributed by atoms with Gasteiger partial charge in [0.1, 0.15) is 36.3 Å². The van der Waals surface area contributed by atoms with Crippen LogP contribution in [-0.4, -0.2) is 107 Å². The summed E-state index contributed by atoms with van der Waals surface area (Å²) in [4.78, 5) is 56.6. The molecule has 2 aliphatic heterocycles. The van der Waals surface area contributed by atoms with Gasteiger partial charge in [-0.1, -0.05) is 0 Å². The number of nitrogens with zero attached hydrogens (tertiary/aromatic N) is 1. The number of ether oxygens (including phenoxy) is 2. The molecule has 0 amide bonds. The van der Waals surface area contributed by atoms with Gasteiger partial charge in [-0.25, -0.2) is 13.9 Å². The predicted octanol–water partition coefficient (Wildman–Crippen LogP) is -3.56. The maximum atomic E-state index is 12.5. The summed E-state index contributed by atoms with van der Waals surface area (Å²) in [5.74, 6) is -1.99. The fourth-order valence-corrected chi connectivity index (χ4v) is 6.18. The van der Waals surface area contributed by atoms with Crippen LogP contribution in [0.25, 0.3) is 0 Å². The van der Waals surface area contributed by atoms with Crippen molar-refractivity contribution in [3.8, 4) is 0 Å². The zero-order valence-electron chi connectivity index (χ0n) is 20.0. The lowest BCUT2D eigenvalue weighted by molar-refractivity contribution is -0.263. The van der Waals surface area contributed by atoms with Crippen molar-refractivity contribution in [3.63, 3.8) is 0 Å². The van der Waals surface area contributed by atoms with E-state index in [0.29, 0.717) is 0 Å². The van der Waals surface area contributed by atoms with Gasteiger partial charge in [0.05, 0.1) is 19.3 Å². The van der Waals surface area contributed by atoms with Gasteiger partial charge >= 0.3 is 21.3 Å². The molecule has 8 N–H and O–H groups in total. The molecule has 3 heterocycles. The molecule has 0 radical (unpaired) electrons. The van der Waals surface area contributed by atoms with Crippen molar-refractivity contribution in [2.45, 2.75) is 62.5 Å². The van der Waals surface area contributed by atoms with E-state index < -0.39 is 107 Å². The van der Waals surface area contributed by atoms with Gasteiger partial charge in [0.25, 0.3) is 5.56 Å². The van der Waals surface area contributed by atoms with Crippen molar-refractivity contribution >= 4 is 21.4 Å². The topological polar surface area (TPSA) is 294 Å². The average molecular weight is 606 g/mol. The number of aliphatic hydroxyl groups is 5. The molecule has 19 nitrogen and oxygen atoms in total. The molecule has 3 rings (SSSR count). The van der Waals surface area contributed by atoms with Crippen molar-refractivity contribution in [3.05, 3.63) is 33.1 Å². The molecule has 2 unspecified atom stereocenters. The van der Waals surface area contributed by atoms with Crippen LogP contribution in [-0.2, 0) is 36.8 Å². The Bertz CT molecular complexity index is 1240. The number of phosphoric ester groups is 2. The molecule has 1 aromatic rings. The zero-order chi connectivity index (χ0) is 29.3. The number of rotatable bonds is 11. The fourth-order valence-electron chi connectivity index (χ4n) is 3.99. The molecule has 2 saturated heterocycles. The van der Waals surface area contributed by atoms with E-state index >= 15 is 0 Å². The molecule has 222 valence electrons. The number of carbonyl (C=O) groups is 1. The molecule has 0 bridgehead atoms. The number of hydrogen-bond donors (Lipinski definition) is 8. The standard InChI is InChI=1S/C18H28N2O17P2/c1-7(22)4-8-12(24)13(25)9(5-21)35-17(8)36-39(31,32)37-38(29,30)33-6-10-14(26)15(27)16(34-10)20-3-2-11(23)19-18(20)28/h2-3,8-10,12-17,21,24-27H,4-6H2,1H3,(H,29,30)(H,31,32)(H,19,23,28)/t8-,9-,10-,12-,13+,14-,15-,16-,17-/m1/s1. The minimum Gasteiger partial charge on any atom is -0.394 e. The fraction of sp³-hybridized carbons (Fsp3) is 0.722. The van der Waals surface area contributed by atoms with Gasteiger partial charge < -0.3 is 49.6 Å². The van der Waals surface area contributed by atoms with E-state index in [1.54, 1.807) is 0 Å². The lowest BCUT2D eigenvalue weighted by Gasteiger charge is -2.41. The quantitative estimate of drug-likeness (QED) is 0.113. The van der Waals surface area contributed by atoms with Gasteiger partial charge in [0.15, 0.2) is 12.5 Å². The summed E-state index contributed by atoms with van der Waals surface area (Å²) in [6.45, 7) is -0.788. The summed E-state index contributed by atoms with van der Waals surface area (Å²) < 4.78 is 49.4. The van der Waals surface area contributed by atoms with Crippen LogP contribution in [0, 0.1) is 5.92 Å². The highest BCUT2D eigenvalue weighted by Crippen LogP contribution is 2.62. The first-order chi connectivity index (χ1) is 18.0. The van der Waals surface area contributed by atoms with Gasteiger partial charge in [-0.3, -0.25) is 23.4 Å². The molecule has 2 fully saturated rings. The molecule has 0 aliphatic carbocycles. The predicted molar refractivity (Wildman–Crippen MR) is 122 cm³/mol. The third kappa shape index (κ3) is 7.75. The van der Waals surface area contributed by atoms with E-state index in [1.807, 2.05) is 4.98 Å². The Hall–Kier alpha value is -1.67. The highest BCUT2D eigenvalue weighted by molar-refractivity contribution is 7.61. The summed E-state index contributed by atoms with van der Waals surface area (Å²) >= 11 is 0. The number of nitrogens with one attached hydrogen (secondary N) is 1. The van der Waals surface area contributed by atoms with Gasteiger partial charge in [0.2, 0.25) is 0 Å². The van der Waals surface area contributed by atoms with Crippen molar-refractivity contribution in [2.24, 2.45) is 5.92 Å². The van der Waals surface area contributed by atoms with Crippen LogP contribution in [0.2, 0.25) is 0 Å². The number of phosphoric acid groups is 2. The number of aromatic nitrogens is 2. The molecule has 1 aromatic heterocycles. The third-order valence-corrected chi connectivity index (χ3v) is 8.44. The number of ketones is 1. The largest absolute Gasteiger partial charge is 0.483 e. The summed E-state index contributed by atoms with van der Waals surface area (Å²) in [6, 6.07) is 0.932. The number of aliphatic hydroxyl groups excluding tert-OH is 5. The second kappa shape index (κ2) is 12.5. The van der Waals surface area contributed by atoms with E-state index in [0.717, 1.165) is 23.8 Å². The van der Waals surface area contributed by atoms with Crippen LogP contribution in [0.5, 0.6) is 0 Å². The number of hydrogen-bond acceptors (Lipinski definition) is 15. The van der Waals surface area contributed by atoms with Crippen LogP contribution >= 0.6 is 15.6 Å². The highest BCUT2D eigenvalue weighted by atomic mass is 31.3. The van der Waals surface area contributed by atoms with Gasteiger partial charge in [-0.05, 0) is 6.92 Å². The van der Waals surface area contributed by atoms with E-state index in [2.05, 4.69) is 8.83 Å².